The zero-order valence-corrected chi connectivity index (χ0v) is 14.1. The Morgan fingerprint density at radius 3 is 2.96 bits per heavy atom. The van der Waals surface area contributed by atoms with Gasteiger partial charge >= 0.3 is 5.97 Å². The number of nitrogens with zero attached hydrogens (tertiary/aromatic N) is 2. The van der Waals surface area contributed by atoms with Crippen molar-refractivity contribution in [3.63, 3.8) is 0 Å². The average Bonchev–Trinajstić information content (AvgIpc) is 2.90. The molecule has 0 aliphatic heterocycles. The van der Waals surface area contributed by atoms with Crippen molar-refractivity contribution in [3.05, 3.63) is 35.5 Å². The van der Waals surface area contributed by atoms with Crippen molar-refractivity contribution >= 4 is 22.4 Å². The van der Waals surface area contributed by atoms with Crippen LogP contribution in [0, 0.1) is 12.8 Å². The first-order valence-electron chi connectivity index (χ1n) is 8.36. The molecule has 0 bridgehead atoms. The number of carbonyl (C=O) groups is 1. The highest BCUT2D eigenvalue weighted by Crippen LogP contribution is 2.36. The summed E-state index contributed by atoms with van der Waals surface area (Å²) in [6.07, 6.45) is 7.81. The third-order valence-electron chi connectivity index (χ3n) is 4.74. The summed E-state index contributed by atoms with van der Waals surface area (Å²) < 4.78 is 6.99. The van der Waals surface area contributed by atoms with Gasteiger partial charge in [-0.2, -0.15) is 5.10 Å². The van der Waals surface area contributed by atoms with Crippen LogP contribution in [-0.4, -0.2) is 22.4 Å². The van der Waals surface area contributed by atoms with Crippen molar-refractivity contribution in [2.24, 2.45) is 13.0 Å². The molecule has 4 heteroatoms. The molecule has 122 valence electrons. The Bertz CT molecular complexity index is 758. The number of rotatable bonds is 4. The lowest BCUT2D eigenvalue weighted by Gasteiger charge is -2.22. The SMILES string of the molecule is CCOC(=O)CC1CC=C(c2c(C)ccc3c2cnn3C)CC1. The van der Waals surface area contributed by atoms with E-state index in [1.165, 1.54) is 27.6 Å². The van der Waals surface area contributed by atoms with E-state index in [4.69, 9.17) is 4.74 Å². The fourth-order valence-corrected chi connectivity index (χ4v) is 3.52. The standard InChI is InChI=1S/C19H24N2O2/c1-4-23-18(22)11-14-6-8-15(9-7-14)19-13(2)5-10-17-16(19)12-20-21(17)3/h5,8,10,12,14H,4,6-7,9,11H2,1-3H3. The van der Waals surface area contributed by atoms with Crippen LogP contribution in [-0.2, 0) is 16.6 Å². The molecule has 3 rings (SSSR count). The first kappa shape index (κ1) is 15.8. The number of esters is 1. The smallest absolute Gasteiger partial charge is 0.306 e. The van der Waals surface area contributed by atoms with Gasteiger partial charge in [0.1, 0.15) is 0 Å². The molecule has 0 radical (unpaired) electrons. The van der Waals surface area contributed by atoms with Gasteiger partial charge < -0.3 is 4.74 Å². The van der Waals surface area contributed by atoms with Gasteiger partial charge in [0.2, 0.25) is 0 Å². The minimum Gasteiger partial charge on any atom is -0.466 e. The summed E-state index contributed by atoms with van der Waals surface area (Å²) in [4.78, 5) is 11.6. The normalized spacial score (nSPS) is 18.0. The molecule has 4 nitrogen and oxygen atoms in total. The molecule has 0 saturated heterocycles. The van der Waals surface area contributed by atoms with Gasteiger partial charge in [-0.05, 0) is 61.8 Å². The first-order valence-corrected chi connectivity index (χ1v) is 8.36. The summed E-state index contributed by atoms with van der Waals surface area (Å²) in [5, 5.41) is 5.62. The molecule has 0 amide bonds. The van der Waals surface area contributed by atoms with Gasteiger partial charge in [-0.1, -0.05) is 12.1 Å². The van der Waals surface area contributed by atoms with E-state index in [9.17, 15) is 4.79 Å². The summed E-state index contributed by atoms with van der Waals surface area (Å²) in [7, 11) is 1.98. The summed E-state index contributed by atoms with van der Waals surface area (Å²) in [6.45, 7) is 4.48. The quantitative estimate of drug-likeness (QED) is 0.801. The van der Waals surface area contributed by atoms with E-state index in [2.05, 4.69) is 30.2 Å². The molecular formula is C19H24N2O2. The maximum Gasteiger partial charge on any atom is 0.306 e. The van der Waals surface area contributed by atoms with Crippen LogP contribution in [0.2, 0.25) is 0 Å². The van der Waals surface area contributed by atoms with Crippen molar-refractivity contribution in [2.45, 2.75) is 39.5 Å². The Labute approximate surface area is 137 Å². The van der Waals surface area contributed by atoms with Gasteiger partial charge in [0.25, 0.3) is 0 Å². The van der Waals surface area contributed by atoms with Crippen LogP contribution in [0.1, 0.15) is 43.7 Å². The molecule has 0 spiro atoms. The van der Waals surface area contributed by atoms with Crippen LogP contribution < -0.4 is 0 Å². The number of benzene rings is 1. The molecule has 1 unspecified atom stereocenters. The molecule has 0 N–H and O–H groups in total. The topological polar surface area (TPSA) is 44.1 Å². The van der Waals surface area contributed by atoms with E-state index in [0.29, 0.717) is 18.9 Å². The van der Waals surface area contributed by atoms with Crippen molar-refractivity contribution in [2.75, 3.05) is 6.61 Å². The summed E-state index contributed by atoms with van der Waals surface area (Å²) in [5.74, 6) is 0.339. The largest absolute Gasteiger partial charge is 0.466 e. The molecular weight excluding hydrogens is 288 g/mol. The van der Waals surface area contributed by atoms with E-state index in [-0.39, 0.29) is 5.97 Å². The van der Waals surface area contributed by atoms with Crippen LogP contribution in [0.25, 0.3) is 16.5 Å². The molecule has 23 heavy (non-hydrogen) atoms. The van der Waals surface area contributed by atoms with Gasteiger partial charge in [0, 0.05) is 18.9 Å². The van der Waals surface area contributed by atoms with E-state index in [0.717, 1.165) is 19.3 Å². The Morgan fingerprint density at radius 1 is 1.43 bits per heavy atom. The number of aromatic nitrogens is 2. The highest BCUT2D eigenvalue weighted by Gasteiger charge is 2.21. The second-order valence-electron chi connectivity index (χ2n) is 6.34. The predicted molar refractivity (Wildman–Crippen MR) is 92.0 cm³/mol. The number of carbonyl (C=O) groups excluding carboxylic acids is 1. The fraction of sp³-hybridized carbons (Fsp3) is 0.474. The fourth-order valence-electron chi connectivity index (χ4n) is 3.52. The second-order valence-corrected chi connectivity index (χ2v) is 6.34. The molecule has 1 heterocycles. The van der Waals surface area contributed by atoms with E-state index < -0.39 is 0 Å². The maximum atomic E-state index is 11.6. The highest BCUT2D eigenvalue weighted by molar-refractivity contribution is 5.93. The lowest BCUT2D eigenvalue weighted by molar-refractivity contribution is -0.144. The lowest BCUT2D eigenvalue weighted by atomic mass is 9.83. The van der Waals surface area contributed by atoms with Gasteiger partial charge in [0.15, 0.2) is 0 Å². The molecule has 0 saturated carbocycles. The summed E-state index contributed by atoms with van der Waals surface area (Å²) in [6, 6.07) is 4.30. The number of aryl methyl sites for hydroxylation is 2. The zero-order valence-electron chi connectivity index (χ0n) is 14.1. The van der Waals surface area contributed by atoms with E-state index in [1.54, 1.807) is 0 Å². The Kier molecular flexibility index (Phi) is 4.51. The Morgan fingerprint density at radius 2 is 2.26 bits per heavy atom. The second kappa shape index (κ2) is 6.57. The number of ether oxygens (including phenoxy) is 1. The number of hydrogen-bond donors (Lipinski definition) is 0. The number of fused-ring (bicyclic) bond motifs is 1. The molecule has 1 aliphatic carbocycles. The van der Waals surface area contributed by atoms with Crippen LogP contribution in [0.4, 0.5) is 0 Å². The zero-order chi connectivity index (χ0) is 16.4. The molecule has 1 aromatic heterocycles. The van der Waals surface area contributed by atoms with Crippen LogP contribution >= 0.6 is 0 Å². The minimum absolute atomic E-state index is 0.0695. The van der Waals surface area contributed by atoms with Gasteiger partial charge in [0.05, 0.1) is 18.3 Å². The maximum absolute atomic E-state index is 11.6. The highest BCUT2D eigenvalue weighted by atomic mass is 16.5. The van der Waals surface area contributed by atoms with Gasteiger partial charge in [-0.3, -0.25) is 9.48 Å². The van der Waals surface area contributed by atoms with Crippen LogP contribution in [0.15, 0.2) is 24.4 Å². The number of hydrogen-bond acceptors (Lipinski definition) is 3. The third-order valence-corrected chi connectivity index (χ3v) is 4.74. The molecule has 1 atom stereocenters. The minimum atomic E-state index is -0.0695. The van der Waals surface area contributed by atoms with Crippen molar-refractivity contribution in [1.82, 2.24) is 9.78 Å². The molecule has 0 fully saturated rings. The van der Waals surface area contributed by atoms with Crippen LogP contribution in [0.5, 0.6) is 0 Å². The summed E-state index contributed by atoms with van der Waals surface area (Å²) in [5.41, 5.74) is 5.17. The molecule has 1 aliphatic rings. The van der Waals surface area contributed by atoms with E-state index >= 15 is 0 Å². The average molecular weight is 312 g/mol. The number of allylic oxidation sites excluding steroid dienone is 2. The van der Waals surface area contributed by atoms with Crippen molar-refractivity contribution < 1.29 is 9.53 Å². The lowest BCUT2D eigenvalue weighted by Crippen LogP contribution is -2.14. The molecule has 2 aromatic rings. The van der Waals surface area contributed by atoms with E-state index in [1.807, 2.05) is 24.9 Å². The van der Waals surface area contributed by atoms with Crippen molar-refractivity contribution in [3.8, 4) is 0 Å². The summed E-state index contributed by atoms with van der Waals surface area (Å²) >= 11 is 0. The first-order chi connectivity index (χ1) is 11.1. The van der Waals surface area contributed by atoms with Gasteiger partial charge in [-0.25, -0.2) is 0 Å². The van der Waals surface area contributed by atoms with Crippen molar-refractivity contribution in [1.29, 1.82) is 0 Å². The predicted octanol–water partition coefficient (Wildman–Crippen LogP) is 4.02. The molecule has 1 aromatic carbocycles. The van der Waals surface area contributed by atoms with Crippen LogP contribution in [0.3, 0.4) is 0 Å². The Hall–Kier alpha value is -2.10. The van der Waals surface area contributed by atoms with Gasteiger partial charge in [-0.15, -0.1) is 0 Å². The Balaban J connectivity index is 1.83. The monoisotopic (exact) mass is 312 g/mol. The third kappa shape index (κ3) is 3.16.